The number of carbonyl (C=O) groups excluding carboxylic acids is 1. The monoisotopic (exact) mass is 220 g/mol. The van der Waals surface area contributed by atoms with Crippen molar-refractivity contribution in [3.8, 4) is 0 Å². The molecule has 1 unspecified atom stereocenters. The number of anilines is 2. The molecule has 1 amide bonds. The number of nitrogen functional groups attached to an aromatic ring is 1. The van der Waals surface area contributed by atoms with Crippen molar-refractivity contribution in [1.82, 2.24) is 0 Å². The van der Waals surface area contributed by atoms with Gasteiger partial charge in [-0.3, -0.25) is 4.79 Å². The maximum atomic E-state index is 11.8. The molecule has 3 N–H and O–H groups in total. The van der Waals surface area contributed by atoms with E-state index in [2.05, 4.69) is 12.2 Å². The molecule has 1 aromatic rings. The Hall–Kier alpha value is -1.51. The van der Waals surface area contributed by atoms with E-state index in [0.29, 0.717) is 5.69 Å². The number of hydrogen-bond acceptors (Lipinski definition) is 2. The summed E-state index contributed by atoms with van der Waals surface area (Å²) in [4.78, 5) is 11.8. The molecule has 3 nitrogen and oxygen atoms in total. The number of benzene rings is 1. The first-order chi connectivity index (χ1) is 7.54. The van der Waals surface area contributed by atoms with E-state index in [1.807, 2.05) is 26.0 Å². The predicted octanol–water partition coefficient (Wildman–Crippen LogP) is 2.95. The number of hydrogen-bond donors (Lipinski definition) is 2. The third-order valence-electron chi connectivity index (χ3n) is 2.69. The molecule has 0 saturated heterocycles. The number of nitrogens with two attached hydrogens (primary N) is 1. The Bertz CT molecular complexity index is 374. The molecule has 0 radical (unpaired) electrons. The zero-order chi connectivity index (χ0) is 12.1. The lowest BCUT2D eigenvalue weighted by molar-refractivity contribution is -0.119. The highest BCUT2D eigenvalue weighted by molar-refractivity contribution is 5.93. The lowest BCUT2D eigenvalue weighted by Crippen LogP contribution is -2.20. The molecule has 1 aromatic carbocycles. The number of nitrogens with one attached hydrogen (secondary N) is 1. The van der Waals surface area contributed by atoms with E-state index in [1.165, 1.54) is 0 Å². The molecular formula is C13H20N2O. The van der Waals surface area contributed by atoms with Crippen LogP contribution in [0.2, 0.25) is 0 Å². The maximum absolute atomic E-state index is 11.8. The SMILES string of the molecule is CCCC(C)C(=O)Nc1cc(N)ccc1C. The van der Waals surface area contributed by atoms with Crippen molar-refractivity contribution in [1.29, 1.82) is 0 Å². The number of aryl methyl sites for hydroxylation is 1. The minimum Gasteiger partial charge on any atom is -0.399 e. The van der Waals surface area contributed by atoms with Crippen LogP contribution in [0.25, 0.3) is 0 Å². The molecule has 0 aliphatic carbocycles. The van der Waals surface area contributed by atoms with E-state index in [4.69, 9.17) is 5.73 Å². The highest BCUT2D eigenvalue weighted by Crippen LogP contribution is 2.19. The lowest BCUT2D eigenvalue weighted by atomic mass is 10.0. The summed E-state index contributed by atoms with van der Waals surface area (Å²) in [5.74, 6) is 0.112. The van der Waals surface area contributed by atoms with E-state index < -0.39 is 0 Å². The van der Waals surface area contributed by atoms with Crippen LogP contribution in [0, 0.1) is 12.8 Å². The molecule has 0 saturated carbocycles. The molecule has 0 heterocycles. The van der Waals surface area contributed by atoms with E-state index in [0.717, 1.165) is 24.1 Å². The van der Waals surface area contributed by atoms with Crippen molar-refractivity contribution >= 4 is 17.3 Å². The van der Waals surface area contributed by atoms with E-state index >= 15 is 0 Å². The van der Waals surface area contributed by atoms with Crippen LogP contribution in [0.15, 0.2) is 18.2 Å². The Morgan fingerprint density at radius 1 is 1.50 bits per heavy atom. The van der Waals surface area contributed by atoms with Gasteiger partial charge in [-0.25, -0.2) is 0 Å². The second-order valence-electron chi connectivity index (χ2n) is 4.25. The average molecular weight is 220 g/mol. The fraction of sp³-hybridized carbons (Fsp3) is 0.462. The van der Waals surface area contributed by atoms with Gasteiger partial charge in [0.25, 0.3) is 0 Å². The van der Waals surface area contributed by atoms with Crippen LogP contribution in [0.5, 0.6) is 0 Å². The van der Waals surface area contributed by atoms with Gasteiger partial charge in [-0.2, -0.15) is 0 Å². The minimum absolute atomic E-state index is 0.0471. The molecule has 16 heavy (non-hydrogen) atoms. The zero-order valence-electron chi connectivity index (χ0n) is 10.2. The molecule has 88 valence electrons. The highest BCUT2D eigenvalue weighted by Gasteiger charge is 2.12. The largest absolute Gasteiger partial charge is 0.399 e. The van der Waals surface area contributed by atoms with Crippen molar-refractivity contribution < 1.29 is 4.79 Å². The van der Waals surface area contributed by atoms with Crippen molar-refractivity contribution in [2.45, 2.75) is 33.6 Å². The first-order valence-corrected chi connectivity index (χ1v) is 5.71. The van der Waals surface area contributed by atoms with E-state index in [1.54, 1.807) is 6.07 Å². The standard InChI is InChI=1S/C13H20N2O/c1-4-5-10(3)13(16)15-12-8-11(14)7-6-9(12)2/h6-8,10H,4-5,14H2,1-3H3,(H,15,16). The van der Waals surface area contributed by atoms with Crippen LogP contribution in [-0.4, -0.2) is 5.91 Å². The molecule has 0 aliphatic rings. The van der Waals surface area contributed by atoms with Crippen molar-refractivity contribution in [3.05, 3.63) is 23.8 Å². The van der Waals surface area contributed by atoms with Gasteiger partial charge in [0, 0.05) is 17.3 Å². The molecule has 0 fully saturated rings. The summed E-state index contributed by atoms with van der Waals surface area (Å²) in [6.07, 6.45) is 1.93. The molecule has 0 aromatic heterocycles. The minimum atomic E-state index is 0.0471. The van der Waals surface area contributed by atoms with Crippen LogP contribution in [0.1, 0.15) is 32.3 Å². The van der Waals surface area contributed by atoms with Crippen LogP contribution in [-0.2, 0) is 4.79 Å². The third-order valence-corrected chi connectivity index (χ3v) is 2.69. The van der Waals surface area contributed by atoms with Gasteiger partial charge < -0.3 is 11.1 Å². The van der Waals surface area contributed by atoms with Gasteiger partial charge in [0.15, 0.2) is 0 Å². The second-order valence-corrected chi connectivity index (χ2v) is 4.25. The molecular weight excluding hydrogens is 200 g/mol. The summed E-state index contributed by atoms with van der Waals surface area (Å²) in [7, 11) is 0. The summed E-state index contributed by atoms with van der Waals surface area (Å²) in [6, 6.07) is 5.54. The van der Waals surface area contributed by atoms with Gasteiger partial charge in [0.1, 0.15) is 0 Å². The number of amides is 1. The van der Waals surface area contributed by atoms with Gasteiger partial charge >= 0.3 is 0 Å². The van der Waals surface area contributed by atoms with Crippen LogP contribution < -0.4 is 11.1 Å². The summed E-state index contributed by atoms with van der Waals surface area (Å²) in [5, 5.41) is 2.92. The Balaban J connectivity index is 2.72. The van der Waals surface area contributed by atoms with Crippen LogP contribution in [0.4, 0.5) is 11.4 Å². The van der Waals surface area contributed by atoms with Gasteiger partial charge in [-0.05, 0) is 31.0 Å². The molecule has 0 bridgehead atoms. The van der Waals surface area contributed by atoms with Crippen LogP contribution >= 0.6 is 0 Å². The van der Waals surface area contributed by atoms with E-state index in [9.17, 15) is 4.79 Å². The first-order valence-electron chi connectivity index (χ1n) is 5.71. The molecule has 3 heteroatoms. The number of rotatable bonds is 4. The molecule has 0 aliphatic heterocycles. The zero-order valence-corrected chi connectivity index (χ0v) is 10.2. The first kappa shape index (κ1) is 12.6. The summed E-state index contributed by atoms with van der Waals surface area (Å²) < 4.78 is 0. The second kappa shape index (κ2) is 5.54. The van der Waals surface area contributed by atoms with Gasteiger partial charge in [0.2, 0.25) is 5.91 Å². The summed E-state index contributed by atoms with van der Waals surface area (Å²) in [6.45, 7) is 5.98. The van der Waals surface area contributed by atoms with Gasteiger partial charge in [-0.1, -0.05) is 26.3 Å². The third kappa shape index (κ3) is 3.26. The topological polar surface area (TPSA) is 55.1 Å². The molecule has 1 rings (SSSR count). The smallest absolute Gasteiger partial charge is 0.227 e. The van der Waals surface area contributed by atoms with Crippen molar-refractivity contribution in [2.75, 3.05) is 11.1 Å². The molecule has 1 atom stereocenters. The number of carbonyl (C=O) groups is 1. The molecule has 0 spiro atoms. The van der Waals surface area contributed by atoms with Crippen LogP contribution in [0.3, 0.4) is 0 Å². The quantitative estimate of drug-likeness (QED) is 0.766. The fourth-order valence-corrected chi connectivity index (χ4v) is 1.59. The maximum Gasteiger partial charge on any atom is 0.227 e. The Kier molecular flexibility index (Phi) is 4.35. The summed E-state index contributed by atoms with van der Waals surface area (Å²) in [5.41, 5.74) is 8.20. The normalized spacial score (nSPS) is 12.2. The van der Waals surface area contributed by atoms with Crippen molar-refractivity contribution in [3.63, 3.8) is 0 Å². The van der Waals surface area contributed by atoms with Gasteiger partial charge in [0.05, 0.1) is 0 Å². The predicted molar refractivity (Wildman–Crippen MR) is 68.3 cm³/mol. The summed E-state index contributed by atoms with van der Waals surface area (Å²) >= 11 is 0. The van der Waals surface area contributed by atoms with Gasteiger partial charge in [-0.15, -0.1) is 0 Å². The Morgan fingerprint density at radius 2 is 2.19 bits per heavy atom. The Morgan fingerprint density at radius 3 is 2.81 bits per heavy atom. The fourth-order valence-electron chi connectivity index (χ4n) is 1.59. The Labute approximate surface area is 97.0 Å². The van der Waals surface area contributed by atoms with Crippen molar-refractivity contribution in [2.24, 2.45) is 5.92 Å². The lowest BCUT2D eigenvalue weighted by Gasteiger charge is -2.13. The highest BCUT2D eigenvalue weighted by atomic mass is 16.1. The average Bonchev–Trinajstić information content (AvgIpc) is 2.23. The van der Waals surface area contributed by atoms with E-state index in [-0.39, 0.29) is 11.8 Å².